The van der Waals surface area contributed by atoms with Crippen molar-refractivity contribution in [3.63, 3.8) is 0 Å². The van der Waals surface area contributed by atoms with Gasteiger partial charge in [0.1, 0.15) is 0 Å². The molecule has 68 heavy (non-hydrogen) atoms. The zero-order valence-corrected chi connectivity index (χ0v) is 37.6. The highest BCUT2D eigenvalue weighted by Crippen LogP contribution is 2.57. The number of nitrogens with two attached hydrogens (primary N) is 1. The molecule has 0 saturated carbocycles. The molecule has 13 rings (SSSR count). The molecule has 3 heterocycles. The van der Waals surface area contributed by atoms with E-state index in [4.69, 9.17) is 0 Å². The number of hydrogen-bond donors (Lipinski definition) is 1. The fraction of sp³-hybridized carbons (Fsp3) is 0.0317. The van der Waals surface area contributed by atoms with E-state index in [1.807, 2.05) is 12.4 Å². The number of benzene rings is 9. The Morgan fingerprint density at radius 2 is 0.985 bits per heavy atom. The maximum absolute atomic E-state index is 4.50. The minimum atomic E-state index is -0.534. The van der Waals surface area contributed by atoms with Gasteiger partial charge < -0.3 is 19.8 Å². The Hall–Kier alpha value is -8.77. The topological polar surface area (TPSA) is 52.0 Å². The number of para-hydroxylation sites is 2. The standard InChI is InChI=1S/C62H42N4.CH5N/c1-5-15-46(16-6-1)62(47-17-7-2-8-18-47)57-24-14-13-23-53(57)54-33-30-52(42-58(54)62)65(50-28-25-43(26-29-50)44-35-38-63-39-36-44)51-31-34-59-56(41-51)55-32-27-45-37-40-64(48-19-9-3-10-20-48)60(45)61(55)66(59)49-21-11-4-12-22-49;1-2/h1-42H;2H2,1H3. The molecule has 3 aromatic heterocycles. The summed E-state index contributed by atoms with van der Waals surface area (Å²) in [5.41, 5.74) is 22.8. The van der Waals surface area contributed by atoms with Crippen LogP contribution >= 0.6 is 0 Å². The van der Waals surface area contributed by atoms with Gasteiger partial charge in [-0.15, -0.1) is 0 Å². The van der Waals surface area contributed by atoms with E-state index in [1.54, 1.807) is 0 Å². The Morgan fingerprint density at radius 3 is 1.68 bits per heavy atom. The van der Waals surface area contributed by atoms with Crippen LogP contribution in [0, 0.1) is 0 Å². The van der Waals surface area contributed by atoms with E-state index in [-0.39, 0.29) is 0 Å². The van der Waals surface area contributed by atoms with E-state index in [0.717, 1.165) is 45.1 Å². The zero-order chi connectivity index (χ0) is 45.6. The summed E-state index contributed by atoms with van der Waals surface area (Å²) >= 11 is 0. The van der Waals surface area contributed by atoms with Crippen LogP contribution in [0.25, 0.3) is 66.3 Å². The summed E-state index contributed by atoms with van der Waals surface area (Å²) in [5.74, 6) is 0. The molecule has 2 N–H and O–H groups in total. The van der Waals surface area contributed by atoms with Gasteiger partial charge in [-0.2, -0.15) is 0 Å². The second-order valence-electron chi connectivity index (χ2n) is 17.2. The number of hydrogen-bond acceptors (Lipinski definition) is 3. The van der Waals surface area contributed by atoms with Crippen molar-refractivity contribution in [2.75, 3.05) is 11.9 Å². The lowest BCUT2D eigenvalue weighted by molar-refractivity contribution is 0.768. The van der Waals surface area contributed by atoms with Crippen molar-refractivity contribution in [3.05, 3.63) is 277 Å². The van der Waals surface area contributed by atoms with Crippen molar-refractivity contribution in [2.24, 2.45) is 5.73 Å². The van der Waals surface area contributed by atoms with Gasteiger partial charge in [0.2, 0.25) is 0 Å². The van der Waals surface area contributed by atoms with Crippen LogP contribution in [0.2, 0.25) is 0 Å². The molecule has 0 saturated heterocycles. The van der Waals surface area contributed by atoms with Crippen molar-refractivity contribution in [1.29, 1.82) is 0 Å². The van der Waals surface area contributed by atoms with Gasteiger partial charge in [-0.1, -0.05) is 152 Å². The zero-order valence-electron chi connectivity index (χ0n) is 37.6. The average molecular weight is 874 g/mol. The molecular weight excluding hydrogens is 827 g/mol. The molecule has 324 valence electrons. The molecule has 1 aliphatic rings. The molecule has 0 amide bonds. The summed E-state index contributed by atoms with van der Waals surface area (Å²) in [6, 6.07) is 86.6. The second-order valence-corrected chi connectivity index (χ2v) is 17.2. The third kappa shape index (κ3) is 6.39. The van der Waals surface area contributed by atoms with Gasteiger partial charge in [0.25, 0.3) is 0 Å². The molecule has 0 fully saturated rings. The van der Waals surface area contributed by atoms with Crippen molar-refractivity contribution in [2.45, 2.75) is 5.41 Å². The van der Waals surface area contributed by atoms with Crippen LogP contribution in [0.1, 0.15) is 22.3 Å². The molecule has 0 radical (unpaired) electrons. The molecule has 5 nitrogen and oxygen atoms in total. The van der Waals surface area contributed by atoms with Gasteiger partial charge in [0.05, 0.1) is 22.0 Å². The van der Waals surface area contributed by atoms with Gasteiger partial charge in [0.15, 0.2) is 0 Å². The molecule has 0 atom stereocenters. The Morgan fingerprint density at radius 1 is 0.426 bits per heavy atom. The maximum Gasteiger partial charge on any atom is 0.0788 e. The minimum absolute atomic E-state index is 0.534. The fourth-order valence-corrected chi connectivity index (χ4v) is 10.9. The summed E-state index contributed by atoms with van der Waals surface area (Å²) in [6.07, 6.45) is 5.91. The van der Waals surface area contributed by atoms with Crippen molar-refractivity contribution in [1.82, 2.24) is 14.1 Å². The van der Waals surface area contributed by atoms with Crippen LogP contribution in [0.5, 0.6) is 0 Å². The second kappa shape index (κ2) is 16.9. The Kier molecular flexibility index (Phi) is 10.1. The maximum atomic E-state index is 4.50. The van der Waals surface area contributed by atoms with E-state index < -0.39 is 5.41 Å². The van der Waals surface area contributed by atoms with Gasteiger partial charge >= 0.3 is 0 Å². The largest absolute Gasteiger partial charge is 0.333 e. The van der Waals surface area contributed by atoms with Crippen LogP contribution in [0.15, 0.2) is 255 Å². The molecule has 0 bridgehead atoms. The minimum Gasteiger partial charge on any atom is -0.333 e. The van der Waals surface area contributed by atoms with Crippen LogP contribution in [-0.2, 0) is 5.41 Å². The molecule has 1 aliphatic carbocycles. The van der Waals surface area contributed by atoms with Crippen LogP contribution in [-0.4, -0.2) is 21.2 Å². The third-order valence-electron chi connectivity index (χ3n) is 13.7. The first kappa shape index (κ1) is 40.7. The van der Waals surface area contributed by atoms with Crippen LogP contribution in [0.4, 0.5) is 17.1 Å². The lowest BCUT2D eigenvalue weighted by Gasteiger charge is -2.35. The highest BCUT2D eigenvalue weighted by Gasteiger charge is 2.46. The van der Waals surface area contributed by atoms with Gasteiger partial charge in [0, 0.05) is 63.2 Å². The van der Waals surface area contributed by atoms with Crippen LogP contribution in [0.3, 0.4) is 0 Å². The highest BCUT2D eigenvalue weighted by molar-refractivity contribution is 6.19. The molecule has 0 unspecified atom stereocenters. The molecule has 0 aliphatic heterocycles. The van der Waals surface area contributed by atoms with Crippen molar-refractivity contribution >= 4 is 49.8 Å². The number of pyridine rings is 1. The van der Waals surface area contributed by atoms with E-state index in [0.29, 0.717) is 0 Å². The summed E-state index contributed by atoms with van der Waals surface area (Å²) < 4.78 is 4.78. The highest BCUT2D eigenvalue weighted by atomic mass is 15.1. The summed E-state index contributed by atoms with van der Waals surface area (Å²) in [4.78, 5) is 6.73. The number of rotatable bonds is 8. The quantitative estimate of drug-likeness (QED) is 0.165. The van der Waals surface area contributed by atoms with Crippen molar-refractivity contribution < 1.29 is 0 Å². The van der Waals surface area contributed by atoms with E-state index in [9.17, 15) is 0 Å². The first-order valence-corrected chi connectivity index (χ1v) is 23.2. The van der Waals surface area contributed by atoms with Crippen molar-refractivity contribution in [3.8, 4) is 33.6 Å². The third-order valence-corrected chi connectivity index (χ3v) is 13.7. The lowest BCUT2D eigenvalue weighted by atomic mass is 9.67. The Bertz CT molecular complexity index is 3690. The SMILES string of the molecule is CN.c1ccc(-n2ccc3ccc4c5cc(N(c6ccc(-c7ccncc7)cc6)c6ccc7c(c6)C(c6ccccc6)(c6ccccc6)c6ccccc6-7)ccc5n(-c5ccccc5)c4c32)cc1. The average Bonchev–Trinajstić information content (AvgIpc) is 4.10. The van der Waals surface area contributed by atoms with E-state index >= 15 is 0 Å². The predicted molar refractivity (Wildman–Crippen MR) is 283 cm³/mol. The van der Waals surface area contributed by atoms with Gasteiger partial charge in [-0.05, 0) is 136 Å². The first-order valence-electron chi connectivity index (χ1n) is 23.2. The Labute approximate surface area is 396 Å². The summed E-state index contributed by atoms with van der Waals surface area (Å²) in [5, 5.41) is 3.58. The monoisotopic (exact) mass is 873 g/mol. The number of fused-ring (bicyclic) bond motifs is 8. The number of aromatic nitrogens is 3. The molecule has 12 aromatic rings. The summed E-state index contributed by atoms with van der Waals surface area (Å²) in [6.45, 7) is 0. The fourth-order valence-electron chi connectivity index (χ4n) is 10.9. The summed E-state index contributed by atoms with van der Waals surface area (Å²) in [7, 11) is 1.50. The molecule has 5 heteroatoms. The molecular formula is C63H47N5. The predicted octanol–water partition coefficient (Wildman–Crippen LogP) is 15.2. The van der Waals surface area contributed by atoms with Gasteiger partial charge in [-0.3, -0.25) is 4.98 Å². The van der Waals surface area contributed by atoms with E-state index in [1.165, 1.54) is 67.6 Å². The Balaban J connectivity index is 0.00000237. The van der Waals surface area contributed by atoms with Crippen LogP contribution < -0.4 is 10.6 Å². The molecule has 0 spiro atoms. The van der Waals surface area contributed by atoms with E-state index in [2.05, 4.69) is 268 Å². The number of nitrogens with zero attached hydrogens (tertiary/aromatic N) is 4. The van der Waals surface area contributed by atoms with Gasteiger partial charge in [-0.25, -0.2) is 0 Å². The smallest absolute Gasteiger partial charge is 0.0788 e. The lowest BCUT2D eigenvalue weighted by Crippen LogP contribution is -2.28. The number of anilines is 3. The first-order chi connectivity index (χ1) is 33.8. The molecule has 9 aromatic carbocycles. The normalized spacial score (nSPS) is 12.4.